The molecule has 188 valence electrons. The summed E-state index contributed by atoms with van der Waals surface area (Å²) in [6, 6.07) is 0. The highest BCUT2D eigenvalue weighted by atomic mass is 28.4. The van der Waals surface area contributed by atoms with Crippen molar-refractivity contribution in [3.8, 4) is 0 Å². The molecule has 0 spiro atoms. The molecule has 1 fully saturated rings. The number of carbonyl (C=O) groups is 1. The second kappa shape index (κ2) is 13.9. The lowest BCUT2D eigenvalue weighted by Gasteiger charge is -2.42. The van der Waals surface area contributed by atoms with Gasteiger partial charge in [-0.1, -0.05) is 59.6 Å². The number of carboxylic acids is 1. The molecule has 0 heterocycles. The number of allylic oxidation sites excluding steroid dienone is 2. The van der Waals surface area contributed by atoms with Crippen LogP contribution in [0.25, 0.3) is 0 Å². The van der Waals surface area contributed by atoms with Crippen LogP contribution in [0.5, 0.6) is 0 Å². The molecule has 1 aliphatic rings. The lowest BCUT2D eigenvalue weighted by molar-refractivity contribution is -0.137. The summed E-state index contributed by atoms with van der Waals surface area (Å²) in [5.74, 6) is 0.137. The van der Waals surface area contributed by atoms with Crippen LogP contribution in [0.2, 0.25) is 18.6 Å². The van der Waals surface area contributed by atoms with Gasteiger partial charge >= 0.3 is 5.97 Å². The normalized spacial score (nSPS) is 23.3. The third-order valence-corrected chi connectivity index (χ3v) is 11.6. The minimum Gasteiger partial charge on any atom is -0.481 e. The molecule has 1 rings (SSSR count). The van der Waals surface area contributed by atoms with Crippen LogP contribution in [0, 0.1) is 17.3 Å². The molecule has 4 atom stereocenters. The maximum atomic E-state index is 10.6. The van der Waals surface area contributed by atoms with Crippen molar-refractivity contribution in [2.45, 2.75) is 136 Å². The van der Waals surface area contributed by atoms with Crippen LogP contribution >= 0.6 is 0 Å². The van der Waals surface area contributed by atoms with Gasteiger partial charge in [-0.25, -0.2) is 0 Å². The Labute approximate surface area is 199 Å². The Morgan fingerprint density at radius 1 is 1.19 bits per heavy atom. The average Bonchev–Trinajstić information content (AvgIpc) is 3.05. The summed E-state index contributed by atoms with van der Waals surface area (Å²) in [4.78, 5) is 10.6. The molecule has 1 aliphatic carbocycles. The highest BCUT2D eigenvalue weighted by Crippen LogP contribution is 2.42. The minimum atomic E-state index is -1.74. The van der Waals surface area contributed by atoms with Crippen molar-refractivity contribution >= 4 is 14.3 Å². The lowest BCUT2D eigenvalue weighted by Crippen LogP contribution is -2.44. The van der Waals surface area contributed by atoms with E-state index in [9.17, 15) is 9.90 Å². The topological polar surface area (TPSA) is 66.8 Å². The fraction of sp³-hybridized carbons (Fsp3) is 0.889. The van der Waals surface area contributed by atoms with Gasteiger partial charge in [0, 0.05) is 6.42 Å². The molecule has 1 saturated carbocycles. The fourth-order valence-electron chi connectivity index (χ4n) is 4.85. The van der Waals surface area contributed by atoms with Crippen LogP contribution in [-0.2, 0) is 9.22 Å². The monoisotopic (exact) mass is 468 g/mol. The number of aliphatic hydroxyl groups excluding tert-OH is 1. The fourth-order valence-corrected chi connectivity index (χ4v) is 6.29. The Balaban J connectivity index is 2.74. The lowest BCUT2D eigenvalue weighted by atomic mass is 9.77. The summed E-state index contributed by atoms with van der Waals surface area (Å²) in [5, 5.41) is 19.4. The van der Waals surface area contributed by atoms with Gasteiger partial charge in [0.15, 0.2) is 8.32 Å². The number of aliphatic carboxylic acids is 1. The second-order valence-corrected chi connectivity index (χ2v) is 16.2. The van der Waals surface area contributed by atoms with Gasteiger partial charge in [-0.15, -0.1) is 0 Å². The highest BCUT2D eigenvalue weighted by molar-refractivity contribution is 6.72. The van der Waals surface area contributed by atoms with Crippen LogP contribution in [0.4, 0.5) is 0 Å². The van der Waals surface area contributed by atoms with Crippen LogP contribution in [-0.4, -0.2) is 36.7 Å². The van der Waals surface area contributed by atoms with E-state index in [4.69, 9.17) is 9.53 Å². The van der Waals surface area contributed by atoms with E-state index >= 15 is 0 Å². The first-order valence-corrected chi connectivity index (χ1v) is 16.1. The Morgan fingerprint density at radius 3 is 2.47 bits per heavy atom. The zero-order valence-electron chi connectivity index (χ0n) is 22.0. The molecule has 32 heavy (non-hydrogen) atoms. The van der Waals surface area contributed by atoms with Crippen LogP contribution in [0.3, 0.4) is 0 Å². The van der Waals surface area contributed by atoms with Gasteiger partial charge in [-0.2, -0.15) is 0 Å². The van der Waals surface area contributed by atoms with Crippen molar-refractivity contribution < 1.29 is 19.4 Å². The molecule has 0 aromatic rings. The van der Waals surface area contributed by atoms with E-state index in [0.29, 0.717) is 23.8 Å². The van der Waals surface area contributed by atoms with E-state index in [1.807, 2.05) is 0 Å². The molecule has 2 unspecified atom stereocenters. The molecule has 0 bridgehead atoms. The first-order chi connectivity index (χ1) is 14.9. The smallest absolute Gasteiger partial charge is 0.303 e. The summed E-state index contributed by atoms with van der Waals surface area (Å²) >= 11 is 0. The molecule has 5 heteroatoms. The maximum absolute atomic E-state index is 10.6. The number of hydrogen-bond donors (Lipinski definition) is 2. The Kier molecular flexibility index (Phi) is 12.8. The van der Waals surface area contributed by atoms with E-state index in [1.54, 1.807) is 0 Å². The molecular formula is C27H52O4Si. The molecule has 0 radical (unpaired) electrons. The van der Waals surface area contributed by atoms with Crippen LogP contribution < -0.4 is 0 Å². The van der Waals surface area contributed by atoms with Gasteiger partial charge in [0.1, 0.15) is 0 Å². The van der Waals surface area contributed by atoms with Crippen molar-refractivity contribution in [2.75, 3.05) is 0 Å². The summed E-state index contributed by atoms with van der Waals surface area (Å²) in [5.41, 5.74) is 0.769. The Bertz CT molecular complexity index is 570. The summed E-state index contributed by atoms with van der Waals surface area (Å²) in [7, 11) is -1.74. The largest absolute Gasteiger partial charge is 0.481 e. The number of hydrogen-bond acceptors (Lipinski definition) is 3. The third kappa shape index (κ3) is 10.1. The molecule has 4 nitrogen and oxygen atoms in total. The average molecular weight is 469 g/mol. The summed E-state index contributed by atoms with van der Waals surface area (Å²) in [6.07, 6.45) is 14.8. The molecule has 0 aromatic carbocycles. The number of unbranched alkanes of at least 4 members (excludes halogenated alkanes) is 2. The molecule has 2 N–H and O–H groups in total. The second-order valence-electron chi connectivity index (χ2n) is 11.6. The van der Waals surface area contributed by atoms with E-state index in [-0.39, 0.29) is 24.0 Å². The minimum absolute atomic E-state index is 0.173. The van der Waals surface area contributed by atoms with Gasteiger partial charge in [-0.3, -0.25) is 4.79 Å². The first kappa shape index (κ1) is 29.4. The molecule has 0 aliphatic heterocycles. The highest BCUT2D eigenvalue weighted by Gasteiger charge is 2.39. The Hall–Kier alpha value is -0.653. The molecule has 0 saturated heterocycles. The van der Waals surface area contributed by atoms with E-state index in [2.05, 4.69) is 59.9 Å². The number of rotatable bonds is 16. The van der Waals surface area contributed by atoms with Crippen LogP contribution in [0.1, 0.15) is 105 Å². The standard InChI is InChI=1S/C27H52O4Si/c1-8-9-20-27(4,5)25(31-32(6,7)21(2)3)19-17-22-16-18-24(28)23(22)14-12-10-11-13-15-26(29)30/h10,12,21-25,28H,8-9,11,13-20H2,1-7H3,(H,29,30)/t22?,23-,24-,25?/m1/s1. The van der Waals surface area contributed by atoms with Crippen molar-refractivity contribution in [1.82, 2.24) is 0 Å². The number of carboxylic acid groups (broad SMARTS) is 1. The molecular weight excluding hydrogens is 416 g/mol. The summed E-state index contributed by atoms with van der Waals surface area (Å²) < 4.78 is 6.94. The Morgan fingerprint density at radius 2 is 1.88 bits per heavy atom. The van der Waals surface area contributed by atoms with Crippen molar-refractivity contribution in [1.29, 1.82) is 0 Å². The maximum Gasteiger partial charge on any atom is 0.303 e. The summed E-state index contributed by atoms with van der Waals surface area (Å²) in [6.45, 7) is 16.4. The molecule has 0 amide bonds. The van der Waals surface area contributed by atoms with Crippen LogP contribution in [0.15, 0.2) is 12.2 Å². The van der Waals surface area contributed by atoms with Crippen molar-refractivity contribution in [3.05, 3.63) is 12.2 Å². The number of aliphatic hydroxyl groups is 1. The van der Waals surface area contributed by atoms with E-state index < -0.39 is 14.3 Å². The van der Waals surface area contributed by atoms with Gasteiger partial charge in [0.2, 0.25) is 0 Å². The predicted octanol–water partition coefficient (Wildman–Crippen LogP) is 7.57. The van der Waals surface area contributed by atoms with Gasteiger partial charge < -0.3 is 14.6 Å². The third-order valence-electron chi connectivity index (χ3n) is 7.95. The van der Waals surface area contributed by atoms with Gasteiger partial charge in [-0.05, 0) is 87.3 Å². The quantitative estimate of drug-likeness (QED) is 0.139. The predicted molar refractivity (Wildman–Crippen MR) is 137 cm³/mol. The zero-order valence-corrected chi connectivity index (χ0v) is 23.0. The SMILES string of the molecule is CCCCC(C)(C)C(CCC1CC[C@@H](O)[C@@H]1CC=CCCCC(=O)O)O[Si](C)(C)C(C)C. The van der Waals surface area contributed by atoms with E-state index in [1.165, 1.54) is 19.3 Å². The molecule has 0 aromatic heterocycles. The van der Waals surface area contributed by atoms with Crippen molar-refractivity contribution in [3.63, 3.8) is 0 Å². The zero-order chi connectivity index (χ0) is 24.4. The van der Waals surface area contributed by atoms with E-state index in [0.717, 1.165) is 38.5 Å². The van der Waals surface area contributed by atoms with Gasteiger partial charge in [0.05, 0.1) is 12.2 Å². The first-order valence-electron chi connectivity index (χ1n) is 13.1. The van der Waals surface area contributed by atoms with Gasteiger partial charge in [0.25, 0.3) is 0 Å². The van der Waals surface area contributed by atoms with Crippen molar-refractivity contribution in [2.24, 2.45) is 17.3 Å².